The highest BCUT2D eigenvalue weighted by Gasteiger charge is 2.29. The van der Waals surface area contributed by atoms with E-state index in [-0.39, 0.29) is 12.1 Å². The van der Waals surface area contributed by atoms with Gasteiger partial charge >= 0.3 is 6.09 Å². The molecule has 0 aromatic heterocycles. The standard InChI is InChI=1S/C20H32N2O3/c1-20(2,3)25-19(23)22(4)17-12-10-16(11-13-17)21-14-15-8-6-7-9-18(15)24-5/h6-9,16-17,21H,10-14H2,1-5H3. The molecule has 140 valence electrons. The Morgan fingerprint density at radius 3 is 2.44 bits per heavy atom. The fourth-order valence-electron chi connectivity index (χ4n) is 3.25. The number of nitrogens with one attached hydrogen (secondary N) is 1. The van der Waals surface area contributed by atoms with Gasteiger partial charge < -0.3 is 19.7 Å². The average Bonchev–Trinajstić information content (AvgIpc) is 2.58. The highest BCUT2D eigenvalue weighted by Crippen LogP contribution is 2.25. The van der Waals surface area contributed by atoms with Crippen molar-refractivity contribution in [2.75, 3.05) is 14.2 Å². The highest BCUT2D eigenvalue weighted by molar-refractivity contribution is 5.68. The molecule has 1 aliphatic carbocycles. The zero-order chi connectivity index (χ0) is 18.4. The van der Waals surface area contributed by atoms with E-state index >= 15 is 0 Å². The van der Waals surface area contributed by atoms with Crippen LogP contribution in [0.5, 0.6) is 5.75 Å². The molecule has 0 aliphatic heterocycles. The van der Waals surface area contributed by atoms with Gasteiger partial charge in [0.25, 0.3) is 0 Å². The summed E-state index contributed by atoms with van der Waals surface area (Å²) in [5, 5.41) is 3.62. The smallest absolute Gasteiger partial charge is 0.410 e. The van der Waals surface area contributed by atoms with Crippen LogP contribution in [0.4, 0.5) is 4.79 Å². The third-order valence-electron chi connectivity index (χ3n) is 4.70. The highest BCUT2D eigenvalue weighted by atomic mass is 16.6. The van der Waals surface area contributed by atoms with Gasteiger partial charge in [0.2, 0.25) is 0 Å². The van der Waals surface area contributed by atoms with Gasteiger partial charge in [-0.25, -0.2) is 4.79 Å². The molecule has 5 nitrogen and oxygen atoms in total. The van der Waals surface area contributed by atoms with Crippen LogP contribution in [0.25, 0.3) is 0 Å². The summed E-state index contributed by atoms with van der Waals surface area (Å²) in [4.78, 5) is 14.0. The van der Waals surface area contributed by atoms with Gasteiger partial charge in [-0.15, -0.1) is 0 Å². The summed E-state index contributed by atoms with van der Waals surface area (Å²) >= 11 is 0. The van der Waals surface area contributed by atoms with Gasteiger partial charge in [-0.05, 0) is 52.5 Å². The lowest BCUT2D eigenvalue weighted by Crippen LogP contribution is -2.44. The molecule has 5 heteroatoms. The van der Waals surface area contributed by atoms with Gasteiger partial charge in [-0.1, -0.05) is 18.2 Å². The van der Waals surface area contributed by atoms with Gasteiger partial charge in [-0.3, -0.25) is 0 Å². The first kappa shape index (κ1) is 19.6. The summed E-state index contributed by atoms with van der Waals surface area (Å²) in [6, 6.07) is 8.84. The lowest BCUT2D eigenvalue weighted by Gasteiger charge is -2.35. The molecule has 25 heavy (non-hydrogen) atoms. The van der Waals surface area contributed by atoms with Crippen LogP contribution in [-0.4, -0.2) is 42.8 Å². The molecular formula is C20H32N2O3. The fourth-order valence-corrected chi connectivity index (χ4v) is 3.25. The Labute approximate surface area is 151 Å². The lowest BCUT2D eigenvalue weighted by molar-refractivity contribution is 0.0179. The Morgan fingerprint density at radius 1 is 1.20 bits per heavy atom. The van der Waals surface area contributed by atoms with Gasteiger partial charge in [0.15, 0.2) is 0 Å². The summed E-state index contributed by atoms with van der Waals surface area (Å²) < 4.78 is 10.9. The molecule has 0 atom stereocenters. The maximum absolute atomic E-state index is 12.2. The first-order valence-electron chi connectivity index (χ1n) is 9.11. The molecule has 2 rings (SSSR count). The van der Waals surface area contributed by atoms with Gasteiger partial charge in [-0.2, -0.15) is 0 Å². The number of nitrogens with zero attached hydrogens (tertiary/aromatic N) is 1. The molecule has 0 unspecified atom stereocenters. The third kappa shape index (κ3) is 5.92. The number of methoxy groups -OCH3 is 1. The van der Waals surface area contributed by atoms with Crippen molar-refractivity contribution in [2.45, 2.75) is 70.7 Å². The van der Waals surface area contributed by atoms with Crippen molar-refractivity contribution >= 4 is 6.09 Å². The number of para-hydroxylation sites is 1. The maximum Gasteiger partial charge on any atom is 0.410 e. The SMILES string of the molecule is COc1ccccc1CNC1CCC(N(C)C(=O)OC(C)(C)C)CC1. The minimum atomic E-state index is -0.446. The molecule has 1 N–H and O–H groups in total. The molecule has 1 aromatic rings. The Bertz CT molecular complexity index is 560. The van der Waals surface area contributed by atoms with Crippen molar-refractivity contribution in [3.63, 3.8) is 0 Å². The fraction of sp³-hybridized carbons (Fsp3) is 0.650. The molecule has 0 bridgehead atoms. The number of ether oxygens (including phenoxy) is 2. The predicted octanol–water partition coefficient (Wildman–Crippen LogP) is 3.96. The van der Waals surface area contributed by atoms with Crippen molar-refractivity contribution in [3.05, 3.63) is 29.8 Å². The summed E-state index contributed by atoms with van der Waals surface area (Å²) in [5.41, 5.74) is 0.733. The summed E-state index contributed by atoms with van der Waals surface area (Å²) in [7, 11) is 3.55. The average molecular weight is 348 g/mol. The lowest BCUT2D eigenvalue weighted by atomic mass is 9.90. The molecule has 0 radical (unpaired) electrons. The summed E-state index contributed by atoms with van der Waals surface area (Å²) in [5.74, 6) is 0.924. The second-order valence-corrected chi connectivity index (χ2v) is 7.79. The van der Waals surface area contributed by atoms with E-state index in [1.807, 2.05) is 46.0 Å². The molecule has 0 saturated heterocycles. The predicted molar refractivity (Wildman–Crippen MR) is 99.9 cm³/mol. The van der Waals surface area contributed by atoms with E-state index < -0.39 is 5.60 Å². The topological polar surface area (TPSA) is 50.8 Å². The van der Waals surface area contributed by atoms with Crippen LogP contribution >= 0.6 is 0 Å². The van der Waals surface area contributed by atoms with Crippen LogP contribution in [0.1, 0.15) is 52.0 Å². The molecule has 1 saturated carbocycles. The first-order chi connectivity index (χ1) is 11.8. The number of amides is 1. The van der Waals surface area contributed by atoms with Gasteiger partial charge in [0.05, 0.1) is 7.11 Å². The van der Waals surface area contributed by atoms with E-state index in [9.17, 15) is 4.79 Å². The molecule has 0 spiro atoms. The number of rotatable bonds is 5. The monoisotopic (exact) mass is 348 g/mol. The minimum absolute atomic E-state index is 0.224. The van der Waals surface area contributed by atoms with Crippen molar-refractivity contribution < 1.29 is 14.3 Å². The second kappa shape index (κ2) is 8.56. The van der Waals surface area contributed by atoms with E-state index in [0.717, 1.165) is 38.0 Å². The third-order valence-corrected chi connectivity index (χ3v) is 4.70. The van der Waals surface area contributed by atoms with Crippen molar-refractivity contribution in [1.29, 1.82) is 0 Å². The largest absolute Gasteiger partial charge is 0.496 e. The Hall–Kier alpha value is -1.75. The zero-order valence-corrected chi connectivity index (χ0v) is 16.2. The Balaban J connectivity index is 1.78. The number of benzene rings is 1. The Kier molecular flexibility index (Phi) is 6.71. The molecule has 1 amide bonds. The minimum Gasteiger partial charge on any atom is -0.496 e. The molecule has 1 fully saturated rings. The van der Waals surface area contributed by atoms with Crippen LogP contribution in [0.15, 0.2) is 24.3 Å². The number of hydrogen-bond acceptors (Lipinski definition) is 4. The van der Waals surface area contributed by atoms with Crippen LogP contribution in [0, 0.1) is 0 Å². The van der Waals surface area contributed by atoms with Crippen LogP contribution in [0.2, 0.25) is 0 Å². The van der Waals surface area contributed by atoms with Crippen LogP contribution in [-0.2, 0) is 11.3 Å². The summed E-state index contributed by atoms with van der Waals surface area (Å²) in [6.07, 6.45) is 3.90. The van der Waals surface area contributed by atoms with Crippen molar-refractivity contribution in [3.8, 4) is 5.75 Å². The molecule has 0 heterocycles. The van der Waals surface area contributed by atoms with E-state index in [0.29, 0.717) is 6.04 Å². The molecular weight excluding hydrogens is 316 g/mol. The maximum atomic E-state index is 12.2. The zero-order valence-electron chi connectivity index (χ0n) is 16.2. The normalized spacial score (nSPS) is 20.8. The second-order valence-electron chi connectivity index (χ2n) is 7.79. The van der Waals surface area contributed by atoms with Gasteiger partial charge in [0, 0.05) is 31.2 Å². The van der Waals surface area contributed by atoms with E-state index in [4.69, 9.17) is 9.47 Å². The van der Waals surface area contributed by atoms with E-state index in [1.165, 1.54) is 5.56 Å². The van der Waals surface area contributed by atoms with Crippen LogP contribution < -0.4 is 10.1 Å². The number of carbonyl (C=O) groups is 1. The van der Waals surface area contributed by atoms with E-state index in [1.54, 1.807) is 12.0 Å². The summed E-state index contributed by atoms with van der Waals surface area (Å²) in [6.45, 7) is 6.51. The first-order valence-corrected chi connectivity index (χ1v) is 9.11. The van der Waals surface area contributed by atoms with Crippen LogP contribution in [0.3, 0.4) is 0 Å². The van der Waals surface area contributed by atoms with E-state index in [2.05, 4.69) is 11.4 Å². The number of carbonyl (C=O) groups excluding carboxylic acids is 1. The molecule has 1 aliphatic rings. The van der Waals surface area contributed by atoms with Gasteiger partial charge in [0.1, 0.15) is 11.4 Å². The van der Waals surface area contributed by atoms with Crippen molar-refractivity contribution in [1.82, 2.24) is 10.2 Å². The number of hydrogen-bond donors (Lipinski definition) is 1. The Morgan fingerprint density at radius 2 is 1.84 bits per heavy atom. The molecule has 1 aromatic carbocycles. The quantitative estimate of drug-likeness (QED) is 0.875. The van der Waals surface area contributed by atoms with Crippen molar-refractivity contribution in [2.24, 2.45) is 0 Å².